The second kappa shape index (κ2) is 6.82. The van der Waals surface area contributed by atoms with Gasteiger partial charge in [-0.05, 0) is 25.3 Å². The molecule has 23 heavy (non-hydrogen) atoms. The van der Waals surface area contributed by atoms with E-state index in [9.17, 15) is 4.79 Å². The van der Waals surface area contributed by atoms with E-state index in [1.54, 1.807) is 17.5 Å². The van der Waals surface area contributed by atoms with Crippen LogP contribution in [0.3, 0.4) is 0 Å². The number of H-pyrrole nitrogens is 1. The molecule has 1 fully saturated rings. The first kappa shape index (κ1) is 16.2. The van der Waals surface area contributed by atoms with Crippen molar-refractivity contribution >= 4 is 17.2 Å². The van der Waals surface area contributed by atoms with Crippen LogP contribution in [0, 0.1) is 0 Å². The van der Waals surface area contributed by atoms with E-state index in [2.05, 4.69) is 34.3 Å². The first-order valence-electron chi connectivity index (χ1n) is 7.75. The summed E-state index contributed by atoms with van der Waals surface area (Å²) >= 11 is 1.60. The average molecular weight is 334 g/mol. The van der Waals surface area contributed by atoms with Gasteiger partial charge in [0.05, 0.1) is 30.7 Å². The van der Waals surface area contributed by atoms with E-state index >= 15 is 0 Å². The SMILES string of the molecule is CC(C)(CNC(=O)c1cn[nH]c1-c1ccsc1)N1CCOCC1. The van der Waals surface area contributed by atoms with Crippen LogP contribution in [-0.4, -0.2) is 59.4 Å². The Bertz CT molecular complexity index is 645. The molecule has 0 aromatic carbocycles. The van der Waals surface area contributed by atoms with Crippen LogP contribution in [0.2, 0.25) is 0 Å². The lowest BCUT2D eigenvalue weighted by atomic mass is 10.0. The van der Waals surface area contributed by atoms with Crippen molar-refractivity contribution in [2.24, 2.45) is 0 Å². The number of hydrogen-bond donors (Lipinski definition) is 2. The first-order chi connectivity index (χ1) is 11.1. The van der Waals surface area contributed by atoms with Gasteiger partial charge in [0.15, 0.2) is 0 Å². The van der Waals surface area contributed by atoms with Crippen molar-refractivity contribution in [3.63, 3.8) is 0 Å². The maximum absolute atomic E-state index is 12.5. The summed E-state index contributed by atoms with van der Waals surface area (Å²) in [5, 5.41) is 14.0. The molecule has 0 bridgehead atoms. The molecule has 1 aliphatic rings. The van der Waals surface area contributed by atoms with E-state index < -0.39 is 0 Å². The molecule has 1 aliphatic heterocycles. The van der Waals surface area contributed by atoms with Gasteiger partial charge in [0.2, 0.25) is 0 Å². The Morgan fingerprint density at radius 3 is 2.96 bits per heavy atom. The molecule has 7 heteroatoms. The number of morpholine rings is 1. The molecule has 0 saturated carbocycles. The predicted molar refractivity (Wildman–Crippen MR) is 90.7 cm³/mol. The van der Waals surface area contributed by atoms with Gasteiger partial charge >= 0.3 is 0 Å². The third-order valence-electron chi connectivity index (χ3n) is 4.24. The topological polar surface area (TPSA) is 70.2 Å². The lowest BCUT2D eigenvalue weighted by molar-refractivity contribution is -0.00923. The van der Waals surface area contributed by atoms with Crippen LogP contribution in [0.15, 0.2) is 23.0 Å². The van der Waals surface area contributed by atoms with Crippen LogP contribution < -0.4 is 5.32 Å². The van der Waals surface area contributed by atoms with E-state index in [4.69, 9.17) is 4.74 Å². The van der Waals surface area contributed by atoms with Gasteiger partial charge in [-0.1, -0.05) is 0 Å². The molecular weight excluding hydrogens is 312 g/mol. The molecule has 1 amide bonds. The number of thiophene rings is 1. The Labute approximate surface area is 139 Å². The molecule has 0 unspecified atom stereocenters. The highest BCUT2D eigenvalue weighted by Crippen LogP contribution is 2.23. The van der Waals surface area contributed by atoms with E-state index in [0.717, 1.165) is 37.6 Å². The Morgan fingerprint density at radius 1 is 1.48 bits per heavy atom. The number of nitrogens with zero attached hydrogens (tertiary/aromatic N) is 2. The minimum absolute atomic E-state index is 0.0960. The number of ether oxygens (including phenoxy) is 1. The molecule has 2 N–H and O–H groups in total. The maximum atomic E-state index is 12.5. The van der Waals surface area contributed by atoms with Crippen molar-refractivity contribution in [1.29, 1.82) is 0 Å². The van der Waals surface area contributed by atoms with E-state index in [1.807, 2.05) is 16.8 Å². The quantitative estimate of drug-likeness (QED) is 0.877. The van der Waals surface area contributed by atoms with Gasteiger partial charge in [-0.2, -0.15) is 16.4 Å². The summed E-state index contributed by atoms with van der Waals surface area (Å²) in [6.45, 7) is 8.17. The van der Waals surface area contributed by atoms with Crippen molar-refractivity contribution in [2.75, 3.05) is 32.8 Å². The van der Waals surface area contributed by atoms with Crippen LogP contribution in [0.25, 0.3) is 11.3 Å². The number of carbonyl (C=O) groups excluding carboxylic acids is 1. The van der Waals surface area contributed by atoms with E-state index in [0.29, 0.717) is 12.1 Å². The van der Waals surface area contributed by atoms with E-state index in [-0.39, 0.29) is 11.4 Å². The van der Waals surface area contributed by atoms with Crippen molar-refractivity contribution in [3.8, 4) is 11.3 Å². The van der Waals surface area contributed by atoms with Crippen molar-refractivity contribution in [1.82, 2.24) is 20.4 Å². The van der Waals surface area contributed by atoms with Gasteiger partial charge in [0, 0.05) is 36.1 Å². The van der Waals surface area contributed by atoms with Crippen LogP contribution >= 0.6 is 11.3 Å². The third-order valence-corrected chi connectivity index (χ3v) is 4.93. The van der Waals surface area contributed by atoms with E-state index in [1.165, 1.54) is 0 Å². The van der Waals surface area contributed by atoms with Gasteiger partial charge < -0.3 is 10.1 Å². The average Bonchev–Trinajstić information content (AvgIpc) is 3.24. The molecule has 0 atom stereocenters. The van der Waals surface area contributed by atoms with Crippen molar-refractivity contribution in [3.05, 3.63) is 28.6 Å². The lowest BCUT2D eigenvalue weighted by Crippen LogP contribution is -2.55. The number of hydrogen-bond acceptors (Lipinski definition) is 5. The Balaban J connectivity index is 1.65. The minimum atomic E-state index is -0.105. The zero-order valence-corrected chi connectivity index (χ0v) is 14.3. The fourth-order valence-electron chi connectivity index (χ4n) is 2.76. The van der Waals surface area contributed by atoms with Crippen molar-refractivity contribution in [2.45, 2.75) is 19.4 Å². The van der Waals surface area contributed by atoms with Crippen LogP contribution in [0.1, 0.15) is 24.2 Å². The molecule has 2 aromatic rings. The van der Waals surface area contributed by atoms with Gasteiger partial charge in [-0.25, -0.2) is 0 Å². The Morgan fingerprint density at radius 2 is 2.26 bits per heavy atom. The summed E-state index contributed by atoms with van der Waals surface area (Å²) in [4.78, 5) is 14.9. The number of nitrogens with one attached hydrogen (secondary N) is 2. The molecule has 3 heterocycles. The zero-order chi connectivity index (χ0) is 16.3. The second-order valence-corrected chi connectivity index (χ2v) is 7.05. The normalized spacial score (nSPS) is 16.4. The lowest BCUT2D eigenvalue weighted by Gasteiger charge is -2.40. The summed E-state index contributed by atoms with van der Waals surface area (Å²) in [5.41, 5.74) is 2.24. The highest BCUT2D eigenvalue weighted by atomic mass is 32.1. The Hall–Kier alpha value is -1.70. The number of carbonyl (C=O) groups is 1. The van der Waals surface area contributed by atoms with Gasteiger partial charge in [0.25, 0.3) is 5.91 Å². The Kier molecular flexibility index (Phi) is 4.79. The number of aromatic nitrogens is 2. The van der Waals surface area contributed by atoms with Gasteiger partial charge in [-0.15, -0.1) is 0 Å². The molecule has 3 rings (SSSR count). The molecular formula is C16H22N4O2S. The molecule has 0 aliphatic carbocycles. The monoisotopic (exact) mass is 334 g/mol. The number of rotatable bonds is 5. The fraction of sp³-hybridized carbons (Fsp3) is 0.500. The highest BCUT2D eigenvalue weighted by molar-refractivity contribution is 7.08. The standard InChI is InChI=1S/C16H22N4O2S/c1-16(2,20-4-6-22-7-5-20)11-17-15(21)13-9-18-19-14(13)12-3-8-23-10-12/h3,8-10H,4-7,11H2,1-2H3,(H,17,21)(H,18,19). The van der Waals surface area contributed by atoms with Crippen LogP contribution in [0.5, 0.6) is 0 Å². The largest absolute Gasteiger partial charge is 0.379 e. The summed E-state index contributed by atoms with van der Waals surface area (Å²) in [5.74, 6) is -0.0960. The first-order valence-corrected chi connectivity index (χ1v) is 8.69. The molecule has 1 saturated heterocycles. The fourth-order valence-corrected chi connectivity index (χ4v) is 3.40. The molecule has 124 valence electrons. The van der Waals surface area contributed by atoms with Crippen LogP contribution in [-0.2, 0) is 4.74 Å². The molecule has 0 spiro atoms. The predicted octanol–water partition coefficient (Wildman–Crippen LogP) is 1.98. The smallest absolute Gasteiger partial charge is 0.255 e. The van der Waals surface area contributed by atoms with Gasteiger partial charge in [-0.3, -0.25) is 14.8 Å². The number of amides is 1. The third kappa shape index (κ3) is 3.63. The van der Waals surface area contributed by atoms with Crippen LogP contribution in [0.4, 0.5) is 0 Å². The molecule has 2 aromatic heterocycles. The summed E-state index contributed by atoms with van der Waals surface area (Å²) < 4.78 is 5.40. The van der Waals surface area contributed by atoms with Crippen molar-refractivity contribution < 1.29 is 9.53 Å². The van der Waals surface area contributed by atoms with Gasteiger partial charge in [0.1, 0.15) is 0 Å². The highest BCUT2D eigenvalue weighted by Gasteiger charge is 2.29. The number of aromatic amines is 1. The molecule has 6 nitrogen and oxygen atoms in total. The second-order valence-electron chi connectivity index (χ2n) is 6.27. The maximum Gasteiger partial charge on any atom is 0.255 e. The summed E-state index contributed by atoms with van der Waals surface area (Å²) in [6.07, 6.45) is 1.59. The summed E-state index contributed by atoms with van der Waals surface area (Å²) in [7, 11) is 0. The zero-order valence-electron chi connectivity index (χ0n) is 13.5. The minimum Gasteiger partial charge on any atom is -0.379 e. The summed E-state index contributed by atoms with van der Waals surface area (Å²) in [6, 6.07) is 1.98. The molecule has 0 radical (unpaired) electrons.